The number of rotatable bonds is 2. The normalized spacial score (nSPS) is 29.7. The second-order valence-corrected chi connectivity index (χ2v) is 13.2. The number of benzene rings is 2. The lowest BCUT2D eigenvalue weighted by Gasteiger charge is -2.56. The zero-order valence-electron chi connectivity index (χ0n) is 22.4. The minimum absolute atomic E-state index is 0.115. The average Bonchev–Trinajstić information content (AvgIpc) is 2.83. The second-order valence-electron chi connectivity index (χ2n) is 12.3. The summed E-state index contributed by atoms with van der Waals surface area (Å²) in [7, 11) is 0. The van der Waals surface area contributed by atoms with Crippen molar-refractivity contribution in [2.45, 2.75) is 102 Å². The SMILES string of the molecule is CSc1cc2c(cc1N=O)CCC1C2CCC2(C)C(O)CCCC12.Cc1ccc(C(C)(C)C)cc1. The number of hydrogen-bond donors (Lipinski definition) is 1. The molecule has 1 N–H and O–H groups in total. The third kappa shape index (κ3) is 5.25. The fourth-order valence-electron chi connectivity index (χ4n) is 7.04. The van der Waals surface area contributed by atoms with Gasteiger partial charge in [0.1, 0.15) is 5.69 Å². The molecule has 0 amide bonds. The van der Waals surface area contributed by atoms with Crippen molar-refractivity contribution in [3.8, 4) is 0 Å². The highest BCUT2D eigenvalue weighted by atomic mass is 32.2. The monoisotopic (exact) mass is 493 g/mol. The van der Waals surface area contributed by atoms with Gasteiger partial charge in [0, 0.05) is 4.90 Å². The third-order valence-corrected chi connectivity index (χ3v) is 10.00. The predicted molar refractivity (Wildman–Crippen MR) is 149 cm³/mol. The lowest BCUT2D eigenvalue weighted by Crippen LogP contribution is -2.51. The summed E-state index contributed by atoms with van der Waals surface area (Å²) in [5.74, 6) is 1.94. The minimum Gasteiger partial charge on any atom is -0.393 e. The molecule has 0 aromatic heterocycles. The Bertz CT molecular complexity index is 1040. The summed E-state index contributed by atoms with van der Waals surface area (Å²) in [5.41, 5.74) is 6.54. The van der Waals surface area contributed by atoms with Crippen LogP contribution in [0.5, 0.6) is 0 Å². The van der Waals surface area contributed by atoms with Crippen LogP contribution >= 0.6 is 11.8 Å². The van der Waals surface area contributed by atoms with Gasteiger partial charge >= 0.3 is 0 Å². The molecule has 0 spiro atoms. The first-order chi connectivity index (χ1) is 16.6. The minimum atomic E-state index is -0.123. The van der Waals surface area contributed by atoms with Gasteiger partial charge in [0.2, 0.25) is 0 Å². The van der Waals surface area contributed by atoms with Crippen molar-refractivity contribution in [3.05, 3.63) is 63.6 Å². The Hall–Kier alpha value is -1.65. The summed E-state index contributed by atoms with van der Waals surface area (Å²) in [6.07, 6.45) is 9.86. The van der Waals surface area contributed by atoms with Crippen LogP contribution < -0.4 is 0 Å². The molecule has 0 radical (unpaired) electrons. The summed E-state index contributed by atoms with van der Waals surface area (Å²) in [4.78, 5) is 12.1. The van der Waals surface area contributed by atoms with E-state index in [0.29, 0.717) is 23.4 Å². The predicted octanol–water partition coefficient (Wildman–Crippen LogP) is 8.71. The quantitative estimate of drug-likeness (QED) is 0.336. The van der Waals surface area contributed by atoms with Crippen LogP contribution in [-0.4, -0.2) is 17.5 Å². The van der Waals surface area contributed by atoms with E-state index in [-0.39, 0.29) is 16.9 Å². The van der Waals surface area contributed by atoms with Crippen LogP contribution in [0.15, 0.2) is 46.5 Å². The van der Waals surface area contributed by atoms with Crippen LogP contribution in [0, 0.1) is 29.1 Å². The molecule has 4 heteroatoms. The molecular weight excluding hydrogens is 450 g/mol. The first-order valence-corrected chi connectivity index (χ1v) is 14.6. The number of aliphatic hydroxyl groups excluding tert-OH is 1. The first-order valence-electron chi connectivity index (χ1n) is 13.4. The van der Waals surface area contributed by atoms with Gasteiger partial charge in [-0.2, -0.15) is 0 Å². The van der Waals surface area contributed by atoms with E-state index in [2.05, 4.69) is 70.1 Å². The summed E-state index contributed by atoms with van der Waals surface area (Å²) < 4.78 is 0. The zero-order chi connectivity index (χ0) is 25.4. The maximum Gasteiger partial charge on any atom is 0.121 e. The number of nitroso groups, excluding NO2 is 1. The summed E-state index contributed by atoms with van der Waals surface area (Å²) in [6, 6.07) is 13.0. The molecule has 190 valence electrons. The number of hydrogen-bond acceptors (Lipinski definition) is 4. The van der Waals surface area contributed by atoms with Gasteiger partial charge in [0.05, 0.1) is 6.10 Å². The molecule has 2 saturated carbocycles. The number of nitrogens with zero attached hydrogens (tertiary/aromatic N) is 1. The third-order valence-electron chi connectivity index (χ3n) is 9.23. The van der Waals surface area contributed by atoms with E-state index in [1.165, 1.54) is 47.9 Å². The Labute approximate surface area is 216 Å². The Morgan fingerprint density at radius 3 is 2.40 bits per heavy atom. The fourth-order valence-corrected chi connectivity index (χ4v) is 7.59. The average molecular weight is 494 g/mol. The van der Waals surface area contributed by atoms with E-state index in [4.69, 9.17) is 0 Å². The van der Waals surface area contributed by atoms with E-state index in [0.717, 1.165) is 24.2 Å². The van der Waals surface area contributed by atoms with Gasteiger partial charge < -0.3 is 5.11 Å². The van der Waals surface area contributed by atoms with Gasteiger partial charge in [-0.15, -0.1) is 16.7 Å². The molecule has 0 saturated heterocycles. The second kappa shape index (κ2) is 10.4. The van der Waals surface area contributed by atoms with Crippen LogP contribution in [0.3, 0.4) is 0 Å². The molecule has 0 aliphatic heterocycles. The molecule has 0 bridgehead atoms. The number of fused-ring (bicyclic) bond motifs is 5. The van der Waals surface area contributed by atoms with Crippen molar-refractivity contribution >= 4 is 17.4 Å². The highest BCUT2D eigenvalue weighted by Crippen LogP contribution is 2.60. The maximum atomic E-state index is 11.1. The standard InChI is InChI=1S/C20H27NO2S.C11H16/c1-20-9-8-13-14(16(20)4-3-5-19(20)22)7-6-12-10-17(21-23)18(24-2)11-15(12)13;1-9-5-7-10(8-6-9)11(2,3)4/h10-11,13-14,16,19,22H,3-9H2,1-2H3;5-8H,1-4H3. The van der Waals surface area contributed by atoms with Crippen molar-refractivity contribution in [1.29, 1.82) is 0 Å². The van der Waals surface area contributed by atoms with E-state index in [9.17, 15) is 10.0 Å². The lowest BCUT2D eigenvalue weighted by molar-refractivity contribution is -0.0976. The number of thioether (sulfide) groups is 1. The van der Waals surface area contributed by atoms with Gasteiger partial charge in [-0.1, -0.05) is 63.9 Å². The van der Waals surface area contributed by atoms with Crippen molar-refractivity contribution in [3.63, 3.8) is 0 Å². The molecule has 35 heavy (non-hydrogen) atoms. The highest BCUT2D eigenvalue weighted by molar-refractivity contribution is 7.98. The number of aryl methyl sites for hydroxylation is 2. The molecule has 5 atom stereocenters. The molecule has 2 aromatic rings. The topological polar surface area (TPSA) is 49.7 Å². The van der Waals surface area contributed by atoms with Crippen LogP contribution in [0.2, 0.25) is 0 Å². The van der Waals surface area contributed by atoms with Crippen molar-refractivity contribution in [2.75, 3.05) is 6.26 Å². The van der Waals surface area contributed by atoms with Gasteiger partial charge in [-0.3, -0.25) is 0 Å². The van der Waals surface area contributed by atoms with Crippen molar-refractivity contribution in [2.24, 2.45) is 22.4 Å². The van der Waals surface area contributed by atoms with Gasteiger partial charge in [-0.05, 0) is 114 Å². The molecule has 3 aliphatic rings. The molecule has 0 heterocycles. The Kier molecular flexibility index (Phi) is 7.83. The van der Waals surface area contributed by atoms with E-state index in [1.807, 2.05) is 12.3 Å². The molecule has 5 rings (SSSR count). The van der Waals surface area contributed by atoms with E-state index < -0.39 is 0 Å². The molecule has 3 nitrogen and oxygen atoms in total. The van der Waals surface area contributed by atoms with Crippen molar-refractivity contribution < 1.29 is 5.11 Å². The van der Waals surface area contributed by atoms with Crippen molar-refractivity contribution in [1.82, 2.24) is 0 Å². The molecule has 2 fully saturated rings. The van der Waals surface area contributed by atoms with E-state index in [1.54, 1.807) is 11.8 Å². The van der Waals surface area contributed by atoms with Crippen LogP contribution in [0.25, 0.3) is 0 Å². The van der Waals surface area contributed by atoms with Crippen LogP contribution in [0.4, 0.5) is 5.69 Å². The summed E-state index contributed by atoms with van der Waals surface area (Å²) in [5, 5.41) is 13.9. The van der Waals surface area contributed by atoms with E-state index >= 15 is 0 Å². The largest absolute Gasteiger partial charge is 0.393 e. The highest BCUT2D eigenvalue weighted by Gasteiger charge is 2.52. The van der Waals surface area contributed by atoms with Crippen LogP contribution in [0.1, 0.15) is 94.4 Å². The fraction of sp³-hybridized carbons (Fsp3) is 0.613. The van der Waals surface area contributed by atoms with Crippen LogP contribution in [-0.2, 0) is 11.8 Å². The molecule has 5 unspecified atom stereocenters. The smallest absolute Gasteiger partial charge is 0.121 e. The Morgan fingerprint density at radius 1 is 1.06 bits per heavy atom. The lowest BCUT2D eigenvalue weighted by atomic mass is 9.50. The first kappa shape index (κ1) is 26.4. The molecular formula is C31H43NO2S. The Balaban J connectivity index is 0.000000221. The maximum absolute atomic E-state index is 11.1. The summed E-state index contributed by atoms with van der Waals surface area (Å²) >= 11 is 1.62. The van der Waals surface area contributed by atoms with Gasteiger partial charge in [0.25, 0.3) is 0 Å². The van der Waals surface area contributed by atoms with Gasteiger partial charge in [-0.25, -0.2) is 0 Å². The number of aliphatic hydroxyl groups is 1. The summed E-state index contributed by atoms with van der Waals surface area (Å²) in [6.45, 7) is 11.2. The molecule has 3 aliphatic carbocycles. The molecule has 2 aromatic carbocycles. The Morgan fingerprint density at radius 2 is 1.77 bits per heavy atom. The van der Waals surface area contributed by atoms with Gasteiger partial charge in [0.15, 0.2) is 0 Å². The zero-order valence-corrected chi connectivity index (χ0v) is 23.3.